The Morgan fingerprint density at radius 1 is 1.50 bits per heavy atom. The third kappa shape index (κ3) is 1.70. The molecule has 1 amide bonds. The summed E-state index contributed by atoms with van der Waals surface area (Å²) in [5.41, 5.74) is 1.92. The molecule has 2 rings (SSSR count). The van der Waals surface area contributed by atoms with Crippen LogP contribution in [0.2, 0.25) is 0 Å². The van der Waals surface area contributed by atoms with Gasteiger partial charge in [-0.3, -0.25) is 10.1 Å². The van der Waals surface area contributed by atoms with Crippen molar-refractivity contribution in [2.75, 3.05) is 18.6 Å². The first-order chi connectivity index (χ1) is 7.65. The normalized spacial score (nSPS) is 21.1. The van der Waals surface area contributed by atoms with Crippen molar-refractivity contribution < 1.29 is 9.90 Å². The fourth-order valence-corrected chi connectivity index (χ4v) is 1.98. The number of aliphatic hydroxyl groups excluding tert-OH is 1. The summed E-state index contributed by atoms with van der Waals surface area (Å²) in [6, 6.07) is 7.29. The van der Waals surface area contributed by atoms with Gasteiger partial charge in [0.2, 0.25) is 5.91 Å². The van der Waals surface area contributed by atoms with Crippen LogP contribution in [-0.2, 0) is 4.79 Å². The van der Waals surface area contributed by atoms with E-state index in [2.05, 4.69) is 5.32 Å². The lowest BCUT2D eigenvalue weighted by Crippen LogP contribution is -2.38. The summed E-state index contributed by atoms with van der Waals surface area (Å²) in [4.78, 5) is 13.6. The van der Waals surface area contributed by atoms with Crippen LogP contribution >= 0.6 is 0 Å². The van der Waals surface area contributed by atoms with Crippen LogP contribution in [0.5, 0.6) is 0 Å². The molecule has 1 aromatic rings. The molecule has 16 heavy (non-hydrogen) atoms. The minimum Gasteiger partial charge on any atom is -0.395 e. The van der Waals surface area contributed by atoms with Gasteiger partial charge in [0.1, 0.15) is 6.04 Å². The highest BCUT2D eigenvalue weighted by atomic mass is 16.3. The minimum absolute atomic E-state index is 0.0235. The summed E-state index contributed by atoms with van der Waals surface area (Å²) in [5, 5.41) is 12.1. The molecular formula is C12H16N2O2. The van der Waals surface area contributed by atoms with Crippen molar-refractivity contribution >= 4 is 11.6 Å². The fraction of sp³-hybridized carbons (Fsp3) is 0.417. The highest BCUT2D eigenvalue weighted by Gasteiger charge is 2.35. The van der Waals surface area contributed by atoms with Crippen molar-refractivity contribution in [3.63, 3.8) is 0 Å². The monoisotopic (exact) mass is 220 g/mol. The van der Waals surface area contributed by atoms with E-state index in [-0.39, 0.29) is 24.6 Å². The quantitative estimate of drug-likeness (QED) is 0.787. The number of hydrogen-bond donors (Lipinski definition) is 2. The van der Waals surface area contributed by atoms with Crippen LogP contribution in [0.3, 0.4) is 0 Å². The predicted molar refractivity (Wildman–Crippen MR) is 62.3 cm³/mol. The molecule has 0 aliphatic carbocycles. The van der Waals surface area contributed by atoms with Gasteiger partial charge in [-0.25, -0.2) is 0 Å². The van der Waals surface area contributed by atoms with Gasteiger partial charge in [-0.1, -0.05) is 18.2 Å². The summed E-state index contributed by atoms with van der Waals surface area (Å²) in [7, 11) is 1.77. The summed E-state index contributed by atoms with van der Waals surface area (Å²) in [5.74, 6) is 0.0292. The van der Waals surface area contributed by atoms with Crippen LogP contribution in [-0.4, -0.2) is 30.7 Å². The van der Waals surface area contributed by atoms with Crippen LogP contribution in [0.15, 0.2) is 24.3 Å². The molecule has 2 atom stereocenters. The standard InChI is InChI=1S/C12H16N2O2/c1-8(7-15)13-11-9-5-3-4-6-10(9)14(2)12(11)16/h3-6,8,11,13,15H,7H2,1-2H3. The van der Waals surface area contributed by atoms with E-state index in [4.69, 9.17) is 5.11 Å². The van der Waals surface area contributed by atoms with Gasteiger partial charge < -0.3 is 10.0 Å². The van der Waals surface area contributed by atoms with Gasteiger partial charge in [-0.15, -0.1) is 0 Å². The molecule has 1 heterocycles. The van der Waals surface area contributed by atoms with E-state index in [0.717, 1.165) is 11.3 Å². The maximum absolute atomic E-state index is 12.0. The van der Waals surface area contributed by atoms with Crippen molar-refractivity contribution in [2.24, 2.45) is 0 Å². The highest BCUT2D eigenvalue weighted by Crippen LogP contribution is 2.34. The summed E-state index contributed by atoms with van der Waals surface area (Å²) < 4.78 is 0. The van der Waals surface area contributed by atoms with E-state index in [1.807, 2.05) is 31.2 Å². The number of benzene rings is 1. The van der Waals surface area contributed by atoms with Crippen LogP contribution in [0.4, 0.5) is 5.69 Å². The smallest absolute Gasteiger partial charge is 0.248 e. The van der Waals surface area contributed by atoms with Crippen molar-refractivity contribution in [2.45, 2.75) is 19.0 Å². The van der Waals surface area contributed by atoms with Gasteiger partial charge in [0.15, 0.2) is 0 Å². The van der Waals surface area contributed by atoms with Crippen molar-refractivity contribution in [3.8, 4) is 0 Å². The summed E-state index contributed by atoms with van der Waals surface area (Å²) in [6.45, 7) is 1.88. The van der Waals surface area contributed by atoms with Gasteiger partial charge >= 0.3 is 0 Å². The maximum Gasteiger partial charge on any atom is 0.248 e. The number of carbonyl (C=O) groups excluding carboxylic acids is 1. The Kier molecular flexibility index (Phi) is 2.94. The van der Waals surface area contributed by atoms with Crippen molar-refractivity contribution in [1.29, 1.82) is 0 Å². The molecule has 4 nitrogen and oxygen atoms in total. The highest BCUT2D eigenvalue weighted by molar-refractivity contribution is 6.04. The Morgan fingerprint density at radius 2 is 2.19 bits per heavy atom. The zero-order valence-electron chi connectivity index (χ0n) is 9.47. The number of fused-ring (bicyclic) bond motifs is 1. The zero-order chi connectivity index (χ0) is 11.7. The van der Waals surface area contributed by atoms with Gasteiger partial charge in [0, 0.05) is 24.3 Å². The van der Waals surface area contributed by atoms with E-state index >= 15 is 0 Å². The Morgan fingerprint density at radius 3 is 2.88 bits per heavy atom. The van der Waals surface area contributed by atoms with Gasteiger partial charge in [-0.05, 0) is 13.0 Å². The fourth-order valence-electron chi connectivity index (χ4n) is 1.98. The number of rotatable bonds is 3. The molecule has 0 spiro atoms. The number of carbonyl (C=O) groups is 1. The van der Waals surface area contributed by atoms with Gasteiger partial charge in [0.05, 0.1) is 6.61 Å². The van der Waals surface area contributed by atoms with E-state index in [1.165, 1.54) is 0 Å². The average Bonchev–Trinajstić information content (AvgIpc) is 2.55. The number of anilines is 1. The molecule has 0 aromatic heterocycles. The number of hydrogen-bond acceptors (Lipinski definition) is 3. The molecule has 86 valence electrons. The summed E-state index contributed by atoms with van der Waals surface area (Å²) in [6.07, 6.45) is 0. The van der Waals surface area contributed by atoms with E-state index in [1.54, 1.807) is 11.9 Å². The first-order valence-corrected chi connectivity index (χ1v) is 5.38. The van der Waals surface area contributed by atoms with Crippen molar-refractivity contribution in [1.82, 2.24) is 5.32 Å². The number of aliphatic hydroxyl groups is 1. The van der Waals surface area contributed by atoms with Crippen LogP contribution in [0.1, 0.15) is 18.5 Å². The molecule has 2 unspecified atom stereocenters. The van der Waals surface area contributed by atoms with Crippen molar-refractivity contribution in [3.05, 3.63) is 29.8 Å². The molecule has 0 fully saturated rings. The third-order valence-electron chi connectivity index (χ3n) is 2.91. The summed E-state index contributed by atoms with van der Waals surface area (Å²) >= 11 is 0. The van der Waals surface area contributed by atoms with Crippen LogP contribution in [0, 0.1) is 0 Å². The lowest BCUT2D eigenvalue weighted by atomic mass is 10.1. The van der Waals surface area contributed by atoms with Gasteiger partial charge in [-0.2, -0.15) is 0 Å². The first-order valence-electron chi connectivity index (χ1n) is 5.38. The predicted octanol–water partition coefficient (Wildman–Crippen LogP) is 0.674. The average molecular weight is 220 g/mol. The van der Waals surface area contributed by atoms with Crippen LogP contribution in [0.25, 0.3) is 0 Å². The first kappa shape index (κ1) is 11.1. The lowest BCUT2D eigenvalue weighted by Gasteiger charge is -2.17. The Labute approximate surface area is 94.9 Å². The number of amides is 1. The molecule has 0 saturated carbocycles. The van der Waals surface area contributed by atoms with Crippen LogP contribution < -0.4 is 10.2 Å². The van der Waals surface area contributed by atoms with Gasteiger partial charge in [0.25, 0.3) is 0 Å². The molecule has 4 heteroatoms. The van der Waals surface area contributed by atoms with E-state index < -0.39 is 0 Å². The Hall–Kier alpha value is -1.39. The Balaban J connectivity index is 2.30. The number of nitrogens with one attached hydrogen (secondary N) is 1. The Bertz CT molecular complexity index is 406. The van der Waals surface area contributed by atoms with E-state index in [0.29, 0.717) is 0 Å². The molecule has 0 bridgehead atoms. The third-order valence-corrected chi connectivity index (χ3v) is 2.91. The number of likely N-dealkylation sites (N-methyl/N-ethyl adjacent to an activating group) is 1. The molecule has 2 N–H and O–H groups in total. The maximum atomic E-state index is 12.0. The molecule has 1 aromatic carbocycles. The second-order valence-corrected chi connectivity index (χ2v) is 4.14. The number of nitrogens with zero attached hydrogens (tertiary/aromatic N) is 1. The number of para-hydroxylation sites is 1. The topological polar surface area (TPSA) is 52.6 Å². The second kappa shape index (κ2) is 4.23. The molecule has 1 aliphatic rings. The zero-order valence-corrected chi connectivity index (χ0v) is 9.47. The SMILES string of the molecule is CC(CO)NC1C(=O)N(C)c2ccccc21. The molecule has 1 aliphatic heterocycles. The molecule has 0 radical (unpaired) electrons. The van der Waals surface area contributed by atoms with E-state index in [9.17, 15) is 4.79 Å². The molecule has 0 saturated heterocycles. The second-order valence-electron chi connectivity index (χ2n) is 4.14. The molecular weight excluding hydrogens is 204 g/mol. The lowest BCUT2D eigenvalue weighted by molar-refractivity contribution is -0.119. The largest absolute Gasteiger partial charge is 0.395 e. The minimum atomic E-state index is -0.330.